The molecule has 0 aromatic heterocycles. The van der Waals surface area contributed by atoms with Crippen LogP contribution in [0.25, 0.3) is 0 Å². The molecule has 15 heteroatoms. The van der Waals surface area contributed by atoms with Crippen LogP contribution in [0, 0.1) is 23.2 Å². The highest BCUT2D eigenvalue weighted by Gasteiger charge is 2.74. The first-order chi connectivity index (χ1) is 23.4. The molecule has 0 aromatic carbocycles. The molecular formula is C36H52O15. The van der Waals surface area contributed by atoms with E-state index in [0.29, 0.717) is 0 Å². The third-order valence-corrected chi connectivity index (χ3v) is 9.54. The van der Waals surface area contributed by atoms with E-state index in [9.17, 15) is 28.8 Å². The summed E-state index contributed by atoms with van der Waals surface area (Å²) >= 11 is 0. The van der Waals surface area contributed by atoms with Crippen molar-refractivity contribution < 1.29 is 71.5 Å². The molecule has 3 rings (SSSR count). The molecule has 2 saturated carbocycles. The minimum Gasteiger partial charge on any atom is -0.458 e. The summed E-state index contributed by atoms with van der Waals surface area (Å²) in [5.74, 6) is -8.45. The van der Waals surface area contributed by atoms with Crippen molar-refractivity contribution in [1.82, 2.24) is 0 Å². The molecule has 15 nitrogen and oxygen atoms in total. The summed E-state index contributed by atoms with van der Waals surface area (Å²) in [7, 11) is 0. The standard InChI is InChI=1S/C36H52O15/c1-16(2)14-44-27-17(3)26(45-19(5)37)25-31(47-21(7)39)35(13,50-23(9)41)15-36(25,51-24(10)42)30(43)18(4)28-32(49-28)34(11,12)33(48-22(8)40)29(27)46-20(6)38/h16,18,25-29,31-33H,3,14-15H2,1-2,4-13H3/t18-,25+,26+,27+,28+,29-,31-,32-,33-,35-,36-/m1/s1. The zero-order valence-electron chi connectivity index (χ0n) is 31.5. The van der Waals surface area contributed by atoms with Crippen molar-refractivity contribution in [2.75, 3.05) is 6.61 Å². The quantitative estimate of drug-likeness (QED) is 0.146. The zero-order chi connectivity index (χ0) is 39.0. The Balaban J connectivity index is 2.54. The number of rotatable bonds is 9. The Labute approximate surface area is 298 Å². The van der Waals surface area contributed by atoms with E-state index in [1.165, 1.54) is 13.8 Å². The van der Waals surface area contributed by atoms with E-state index < -0.39 is 119 Å². The van der Waals surface area contributed by atoms with Gasteiger partial charge in [0.05, 0.1) is 18.1 Å². The van der Waals surface area contributed by atoms with Gasteiger partial charge in [-0.2, -0.15) is 0 Å². The lowest BCUT2D eigenvalue weighted by Crippen LogP contribution is -2.60. The summed E-state index contributed by atoms with van der Waals surface area (Å²) < 4.78 is 47.9. The summed E-state index contributed by atoms with van der Waals surface area (Å²) in [6.45, 7) is 21.1. The fraction of sp³-hybridized carbons (Fsp3) is 0.750. The second kappa shape index (κ2) is 15.4. The number of esters is 6. The lowest BCUT2D eigenvalue weighted by atomic mass is 9.69. The number of hydrogen-bond donors (Lipinski definition) is 0. The Hall–Kier alpha value is -3.85. The van der Waals surface area contributed by atoms with Crippen molar-refractivity contribution in [3.8, 4) is 0 Å². The number of carbonyl (C=O) groups is 7. The molecule has 286 valence electrons. The first-order valence-corrected chi connectivity index (χ1v) is 17.0. The van der Waals surface area contributed by atoms with Crippen molar-refractivity contribution in [3.05, 3.63) is 12.2 Å². The van der Waals surface area contributed by atoms with E-state index in [-0.39, 0.29) is 18.1 Å². The summed E-state index contributed by atoms with van der Waals surface area (Å²) in [5, 5.41) is 0. The van der Waals surface area contributed by atoms with E-state index in [1.807, 2.05) is 13.8 Å². The van der Waals surface area contributed by atoms with Crippen LogP contribution in [-0.4, -0.2) is 102 Å². The van der Waals surface area contributed by atoms with Crippen molar-refractivity contribution in [1.29, 1.82) is 0 Å². The smallest absolute Gasteiger partial charge is 0.303 e. The number of carbonyl (C=O) groups excluding carboxylic acids is 7. The number of fused-ring (bicyclic) bond motifs is 2. The molecular weight excluding hydrogens is 672 g/mol. The Morgan fingerprint density at radius 1 is 0.765 bits per heavy atom. The second-order valence-corrected chi connectivity index (χ2v) is 15.0. The van der Waals surface area contributed by atoms with Crippen molar-refractivity contribution in [2.45, 2.75) is 143 Å². The van der Waals surface area contributed by atoms with Crippen LogP contribution >= 0.6 is 0 Å². The maximum absolute atomic E-state index is 15.1. The molecule has 1 heterocycles. The SMILES string of the molecule is C=C1[C@H](OCC(C)C)[C@@H](OC(C)=O)[C@@H](OC(C)=O)C(C)(C)[C@@H]2O[C@H]2[C@@H](C)C(=O)[C@@]2(OC(C)=O)C[C@@](C)(OC(C)=O)[C@H](OC(C)=O)[C@@H]2[C@H]1OC(C)=O. The maximum Gasteiger partial charge on any atom is 0.303 e. The Morgan fingerprint density at radius 2 is 1.27 bits per heavy atom. The lowest BCUT2D eigenvalue weighted by molar-refractivity contribution is -0.198. The molecule has 1 saturated heterocycles. The molecule has 0 N–H and O–H groups in total. The van der Waals surface area contributed by atoms with Crippen LogP contribution in [0.5, 0.6) is 0 Å². The first kappa shape index (κ1) is 41.6. The predicted octanol–water partition coefficient (Wildman–Crippen LogP) is 2.97. The molecule has 11 atom stereocenters. The fourth-order valence-electron chi connectivity index (χ4n) is 7.75. The van der Waals surface area contributed by atoms with Gasteiger partial charge < -0.3 is 37.9 Å². The van der Waals surface area contributed by atoms with Crippen LogP contribution < -0.4 is 0 Å². The highest BCUT2D eigenvalue weighted by Crippen LogP contribution is 2.56. The third-order valence-electron chi connectivity index (χ3n) is 9.54. The van der Waals surface area contributed by atoms with Crippen molar-refractivity contribution >= 4 is 41.6 Å². The number of hydrogen-bond acceptors (Lipinski definition) is 15. The molecule has 0 spiro atoms. The molecule has 0 aromatic rings. The van der Waals surface area contributed by atoms with Crippen LogP contribution in [0.4, 0.5) is 0 Å². The van der Waals surface area contributed by atoms with Gasteiger partial charge in [0.15, 0.2) is 29.2 Å². The van der Waals surface area contributed by atoms with Gasteiger partial charge in [-0.15, -0.1) is 0 Å². The number of ether oxygens (including phenoxy) is 8. The average molecular weight is 725 g/mol. The molecule has 2 aliphatic carbocycles. The number of Topliss-reactive ketones (excluding diaryl/α,β-unsaturated/α-hetero) is 1. The predicted molar refractivity (Wildman–Crippen MR) is 175 cm³/mol. The van der Waals surface area contributed by atoms with E-state index in [4.69, 9.17) is 37.9 Å². The zero-order valence-corrected chi connectivity index (χ0v) is 31.5. The van der Waals surface area contributed by atoms with Gasteiger partial charge in [0.25, 0.3) is 0 Å². The average Bonchev–Trinajstić information content (AvgIpc) is 3.74. The van der Waals surface area contributed by atoms with Crippen LogP contribution in [-0.2, 0) is 71.5 Å². The van der Waals surface area contributed by atoms with Gasteiger partial charge in [-0.1, -0.05) is 41.2 Å². The third kappa shape index (κ3) is 8.79. The molecule has 0 unspecified atom stereocenters. The van der Waals surface area contributed by atoms with Gasteiger partial charge >= 0.3 is 35.8 Å². The minimum absolute atomic E-state index is 0.0261. The normalized spacial score (nSPS) is 35.9. The largest absolute Gasteiger partial charge is 0.458 e. The van der Waals surface area contributed by atoms with Gasteiger partial charge in [0.2, 0.25) is 0 Å². The summed E-state index contributed by atoms with van der Waals surface area (Å²) in [6, 6.07) is 0. The van der Waals surface area contributed by atoms with Crippen LogP contribution in [0.1, 0.15) is 89.5 Å². The molecule has 0 radical (unpaired) electrons. The van der Waals surface area contributed by atoms with E-state index in [1.54, 1.807) is 20.8 Å². The molecule has 1 aliphatic heterocycles. The Morgan fingerprint density at radius 3 is 1.75 bits per heavy atom. The summed E-state index contributed by atoms with van der Waals surface area (Å²) in [5.41, 5.74) is -5.41. The van der Waals surface area contributed by atoms with Gasteiger partial charge in [-0.25, -0.2) is 0 Å². The molecule has 0 amide bonds. The van der Waals surface area contributed by atoms with Gasteiger partial charge in [-0.05, 0) is 18.4 Å². The summed E-state index contributed by atoms with van der Waals surface area (Å²) in [4.78, 5) is 91.9. The fourth-order valence-corrected chi connectivity index (χ4v) is 7.75. The monoisotopic (exact) mass is 724 g/mol. The molecule has 0 bridgehead atoms. The van der Waals surface area contributed by atoms with Gasteiger partial charge in [-0.3, -0.25) is 33.6 Å². The van der Waals surface area contributed by atoms with E-state index >= 15 is 4.79 Å². The Kier molecular flexibility index (Phi) is 12.6. The second-order valence-electron chi connectivity index (χ2n) is 15.0. The van der Waals surface area contributed by atoms with Crippen LogP contribution in [0.3, 0.4) is 0 Å². The number of epoxide rings is 1. The van der Waals surface area contributed by atoms with Crippen molar-refractivity contribution in [3.63, 3.8) is 0 Å². The van der Waals surface area contributed by atoms with Gasteiger partial charge in [0.1, 0.15) is 18.3 Å². The topological polar surface area (TPSA) is 197 Å². The number of ketones is 1. The molecule has 51 heavy (non-hydrogen) atoms. The van der Waals surface area contributed by atoms with Crippen molar-refractivity contribution in [2.24, 2.45) is 23.2 Å². The van der Waals surface area contributed by atoms with E-state index in [0.717, 1.165) is 34.6 Å². The molecule has 3 aliphatic rings. The Bertz CT molecular complexity index is 1430. The minimum atomic E-state index is -2.28. The first-order valence-electron chi connectivity index (χ1n) is 17.0. The maximum atomic E-state index is 15.1. The van der Waals surface area contributed by atoms with E-state index in [2.05, 4.69) is 6.58 Å². The van der Waals surface area contributed by atoms with Crippen LogP contribution in [0.2, 0.25) is 0 Å². The highest BCUT2D eigenvalue weighted by molar-refractivity contribution is 5.93. The van der Waals surface area contributed by atoms with Crippen LogP contribution in [0.15, 0.2) is 12.2 Å². The van der Waals surface area contributed by atoms with Gasteiger partial charge in [0, 0.05) is 65.9 Å². The lowest BCUT2D eigenvalue weighted by Gasteiger charge is -2.45. The highest BCUT2D eigenvalue weighted by atomic mass is 16.6. The summed E-state index contributed by atoms with van der Waals surface area (Å²) in [6.07, 6.45) is -9.59. The molecule has 3 fully saturated rings.